The Bertz CT molecular complexity index is 982. The fourth-order valence-corrected chi connectivity index (χ4v) is 4.30. The first-order valence-electron chi connectivity index (χ1n) is 10.1. The van der Waals surface area contributed by atoms with Crippen molar-refractivity contribution in [3.8, 4) is 0 Å². The lowest BCUT2D eigenvalue weighted by Crippen LogP contribution is -2.51. The largest absolute Gasteiger partial charge is 0.377 e. The topological polar surface area (TPSA) is 81.8 Å². The van der Waals surface area contributed by atoms with Crippen LogP contribution < -0.4 is 31.3 Å². The van der Waals surface area contributed by atoms with Gasteiger partial charge in [0.1, 0.15) is 11.4 Å². The second kappa shape index (κ2) is 6.65. The summed E-state index contributed by atoms with van der Waals surface area (Å²) in [5.41, 5.74) is 2.50. The molecule has 2 fully saturated rings. The molecule has 0 unspecified atom stereocenters. The summed E-state index contributed by atoms with van der Waals surface area (Å²) in [4.78, 5) is 40.5. The lowest BCUT2D eigenvalue weighted by molar-refractivity contribution is 0.240. The predicted molar refractivity (Wildman–Crippen MR) is 109 cm³/mol. The first-order chi connectivity index (χ1) is 13.6. The number of carbonyl (C=O) groups is 1. The van der Waals surface area contributed by atoms with Crippen LogP contribution in [0.25, 0.3) is 0 Å². The molecule has 1 saturated heterocycles. The van der Waals surface area contributed by atoms with Crippen molar-refractivity contribution in [1.29, 1.82) is 0 Å². The zero-order valence-electron chi connectivity index (χ0n) is 15.7. The standard InChI is InChI=1S/C21H24N4O3/c26-19-17(22-14-5-6-14)18(20(19)27)24-10-8-15(9-11-24)23-21(28)25-12-7-13-3-1-2-4-16(13)25/h1-4,14-15,22H,5-12H2,(H,23,28). The Labute approximate surface area is 163 Å². The van der Waals surface area contributed by atoms with Gasteiger partial charge in [0, 0.05) is 37.4 Å². The normalized spacial score (nSPS) is 19.7. The van der Waals surface area contributed by atoms with Crippen molar-refractivity contribution in [3.05, 3.63) is 50.3 Å². The van der Waals surface area contributed by atoms with Gasteiger partial charge in [-0.25, -0.2) is 4.79 Å². The molecule has 0 spiro atoms. The van der Waals surface area contributed by atoms with E-state index < -0.39 is 0 Å². The van der Waals surface area contributed by atoms with Gasteiger partial charge in [0.25, 0.3) is 10.9 Å². The summed E-state index contributed by atoms with van der Waals surface area (Å²) in [7, 11) is 0. The van der Waals surface area contributed by atoms with Gasteiger partial charge >= 0.3 is 6.03 Å². The van der Waals surface area contributed by atoms with E-state index in [1.165, 1.54) is 5.56 Å². The molecule has 2 N–H and O–H groups in total. The summed E-state index contributed by atoms with van der Waals surface area (Å²) in [5.74, 6) is 0. The van der Waals surface area contributed by atoms with Gasteiger partial charge in [-0.3, -0.25) is 14.5 Å². The fourth-order valence-electron chi connectivity index (χ4n) is 4.30. The number of nitrogens with one attached hydrogen (secondary N) is 2. The number of fused-ring (bicyclic) bond motifs is 1. The van der Waals surface area contributed by atoms with Crippen molar-refractivity contribution >= 4 is 23.1 Å². The van der Waals surface area contributed by atoms with Crippen LogP contribution in [0.15, 0.2) is 33.9 Å². The molecule has 7 heteroatoms. The van der Waals surface area contributed by atoms with Crippen LogP contribution in [0.3, 0.4) is 0 Å². The second-order valence-corrected chi connectivity index (χ2v) is 8.04. The van der Waals surface area contributed by atoms with Crippen molar-refractivity contribution in [2.75, 3.05) is 34.8 Å². The van der Waals surface area contributed by atoms with Crippen molar-refractivity contribution in [2.45, 2.75) is 44.2 Å². The number of rotatable bonds is 4. The monoisotopic (exact) mass is 380 g/mol. The number of anilines is 3. The fraction of sp³-hybridized carbons (Fsp3) is 0.476. The zero-order chi connectivity index (χ0) is 19.3. The third-order valence-corrected chi connectivity index (χ3v) is 6.08. The summed E-state index contributed by atoms with van der Waals surface area (Å²) >= 11 is 0. The van der Waals surface area contributed by atoms with Crippen LogP contribution in [0.1, 0.15) is 31.2 Å². The molecule has 1 aliphatic carbocycles. The van der Waals surface area contributed by atoms with Crippen molar-refractivity contribution in [3.63, 3.8) is 0 Å². The number of carbonyl (C=O) groups excluding carboxylic acids is 1. The number of urea groups is 1. The van der Waals surface area contributed by atoms with Crippen LogP contribution in [0.4, 0.5) is 21.9 Å². The highest BCUT2D eigenvalue weighted by Gasteiger charge is 2.33. The van der Waals surface area contributed by atoms with Crippen molar-refractivity contribution in [2.24, 2.45) is 0 Å². The number of piperidine rings is 1. The number of hydrogen-bond acceptors (Lipinski definition) is 5. The third-order valence-electron chi connectivity index (χ3n) is 6.08. The molecule has 0 radical (unpaired) electrons. The first kappa shape index (κ1) is 17.3. The van der Waals surface area contributed by atoms with Gasteiger partial charge in [0.2, 0.25) is 0 Å². The Hall–Kier alpha value is -2.83. The molecule has 28 heavy (non-hydrogen) atoms. The van der Waals surface area contributed by atoms with E-state index in [2.05, 4.69) is 16.7 Å². The van der Waals surface area contributed by atoms with E-state index >= 15 is 0 Å². The van der Waals surface area contributed by atoms with Crippen LogP contribution in [0, 0.1) is 0 Å². The maximum Gasteiger partial charge on any atom is 0.322 e. The van der Waals surface area contributed by atoms with Crippen LogP contribution in [-0.2, 0) is 6.42 Å². The Balaban J connectivity index is 1.19. The Morgan fingerprint density at radius 1 is 0.929 bits per heavy atom. The van der Waals surface area contributed by atoms with Crippen LogP contribution in [0.5, 0.6) is 0 Å². The minimum atomic E-state index is -0.384. The molecule has 0 aromatic heterocycles. The van der Waals surface area contributed by atoms with Gasteiger partial charge in [0.05, 0.1) is 0 Å². The van der Waals surface area contributed by atoms with Gasteiger partial charge in [0.15, 0.2) is 0 Å². The molecule has 146 valence electrons. The summed E-state index contributed by atoms with van der Waals surface area (Å²) in [6.45, 7) is 2.06. The molecule has 2 heterocycles. The Morgan fingerprint density at radius 2 is 1.68 bits per heavy atom. The van der Waals surface area contributed by atoms with Crippen LogP contribution >= 0.6 is 0 Å². The van der Waals surface area contributed by atoms with Crippen LogP contribution in [0.2, 0.25) is 0 Å². The van der Waals surface area contributed by atoms with E-state index in [4.69, 9.17) is 0 Å². The molecular weight excluding hydrogens is 356 g/mol. The highest BCUT2D eigenvalue weighted by Crippen LogP contribution is 2.30. The first-order valence-corrected chi connectivity index (χ1v) is 10.1. The molecule has 0 bridgehead atoms. The summed E-state index contributed by atoms with van der Waals surface area (Å²) < 4.78 is 0. The maximum atomic E-state index is 12.7. The SMILES string of the molecule is O=C(NC1CCN(c2c(NC3CC3)c(=O)c2=O)CC1)N1CCc2ccccc21. The number of benzene rings is 1. The van der Waals surface area contributed by atoms with Crippen molar-refractivity contribution in [1.82, 2.24) is 5.32 Å². The summed E-state index contributed by atoms with van der Waals surface area (Å²) in [5, 5.41) is 6.35. The molecule has 0 atom stereocenters. The van der Waals surface area contributed by atoms with Gasteiger partial charge in [-0.15, -0.1) is 0 Å². The summed E-state index contributed by atoms with van der Waals surface area (Å²) in [6, 6.07) is 8.41. The van der Waals surface area contributed by atoms with E-state index in [1.54, 1.807) is 0 Å². The van der Waals surface area contributed by atoms with Gasteiger partial charge in [-0.2, -0.15) is 0 Å². The smallest absolute Gasteiger partial charge is 0.322 e. The van der Waals surface area contributed by atoms with Crippen LogP contribution in [-0.4, -0.2) is 37.7 Å². The van der Waals surface area contributed by atoms with Gasteiger partial charge in [-0.05, 0) is 43.7 Å². The van der Waals surface area contributed by atoms with E-state index in [1.807, 2.05) is 28.0 Å². The average molecular weight is 380 g/mol. The number of amides is 2. The van der Waals surface area contributed by atoms with Gasteiger partial charge < -0.3 is 15.5 Å². The molecule has 1 saturated carbocycles. The van der Waals surface area contributed by atoms with E-state index in [9.17, 15) is 14.4 Å². The average Bonchev–Trinajstić information content (AvgIpc) is 3.44. The number of nitrogens with zero attached hydrogens (tertiary/aromatic N) is 2. The quantitative estimate of drug-likeness (QED) is 0.788. The highest BCUT2D eigenvalue weighted by molar-refractivity contribution is 5.94. The van der Waals surface area contributed by atoms with E-state index in [0.29, 0.717) is 37.1 Å². The predicted octanol–water partition coefficient (Wildman–Crippen LogP) is 1.60. The minimum absolute atomic E-state index is 0.0476. The van der Waals surface area contributed by atoms with Crippen molar-refractivity contribution < 1.29 is 4.79 Å². The molecule has 2 aliphatic heterocycles. The second-order valence-electron chi connectivity index (χ2n) is 8.04. The molecular formula is C21H24N4O3. The molecule has 3 aliphatic rings. The van der Waals surface area contributed by atoms with E-state index in [-0.39, 0.29) is 22.9 Å². The minimum Gasteiger partial charge on any atom is -0.377 e. The van der Waals surface area contributed by atoms with E-state index in [0.717, 1.165) is 37.8 Å². The number of para-hydroxylation sites is 1. The summed E-state index contributed by atoms with van der Waals surface area (Å²) in [6.07, 6.45) is 4.55. The maximum absolute atomic E-state index is 12.7. The Kier molecular flexibility index (Phi) is 4.10. The molecule has 5 rings (SSSR count). The molecule has 7 nitrogen and oxygen atoms in total. The molecule has 2 aromatic carbocycles. The molecule has 2 aromatic rings. The van der Waals surface area contributed by atoms with Gasteiger partial charge in [-0.1, -0.05) is 18.2 Å². The highest BCUT2D eigenvalue weighted by atomic mass is 16.2. The lowest BCUT2D eigenvalue weighted by atomic mass is 10.0. The zero-order valence-corrected chi connectivity index (χ0v) is 15.7. The third kappa shape index (κ3) is 2.95. The number of hydrogen-bond donors (Lipinski definition) is 2. The molecule has 2 amide bonds. The Morgan fingerprint density at radius 3 is 2.43 bits per heavy atom. The lowest BCUT2D eigenvalue weighted by Gasteiger charge is -2.35.